The summed E-state index contributed by atoms with van der Waals surface area (Å²) >= 11 is 3.26. The maximum absolute atomic E-state index is 12.4. The molecule has 2 aromatic carbocycles. The van der Waals surface area contributed by atoms with Crippen molar-refractivity contribution in [2.45, 2.75) is 6.18 Å². The van der Waals surface area contributed by atoms with Gasteiger partial charge in [0.2, 0.25) is 0 Å². The van der Waals surface area contributed by atoms with Crippen molar-refractivity contribution in [1.82, 2.24) is 0 Å². The van der Waals surface area contributed by atoms with Gasteiger partial charge in [-0.1, -0.05) is 6.07 Å². The van der Waals surface area contributed by atoms with Crippen molar-refractivity contribution in [3.63, 3.8) is 0 Å². The van der Waals surface area contributed by atoms with Crippen molar-refractivity contribution in [2.75, 3.05) is 0 Å². The number of hydrogen-bond acceptors (Lipinski definition) is 1. The number of benzene rings is 2. The Hall–Kier alpha value is -1.49. The van der Waals surface area contributed by atoms with E-state index < -0.39 is 11.7 Å². The molecular formula is C13H7BrF3O. The Kier molecular flexibility index (Phi) is 3.61. The first kappa shape index (κ1) is 13.0. The lowest BCUT2D eigenvalue weighted by molar-refractivity contribution is -0.137. The Labute approximate surface area is 110 Å². The predicted octanol–water partition coefficient (Wildman–Crippen LogP) is 5.06. The summed E-state index contributed by atoms with van der Waals surface area (Å²) in [6.45, 7) is 0. The Bertz CT molecular complexity index is 535. The quantitative estimate of drug-likeness (QED) is 0.752. The molecule has 0 heterocycles. The second-order valence-corrected chi connectivity index (χ2v) is 4.34. The van der Waals surface area contributed by atoms with Gasteiger partial charge in [0.25, 0.3) is 0 Å². The van der Waals surface area contributed by atoms with Crippen molar-refractivity contribution in [3.05, 3.63) is 58.6 Å². The van der Waals surface area contributed by atoms with E-state index in [-0.39, 0.29) is 0 Å². The second-order valence-electron chi connectivity index (χ2n) is 3.48. The van der Waals surface area contributed by atoms with E-state index >= 15 is 0 Å². The number of hydrogen-bond donors (Lipinski definition) is 0. The van der Waals surface area contributed by atoms with Crippen LogP contribution in [0.15, 0.2) is 46.9 Å². The lowest BCUT2D eigenvalue weighted by atomic mass is 10.2. The molecule has 0 N–H and O–H groups in total. The van der Waals surface area contributed by atoms with Crippen LogP contribution < -0.4 is 4.74 Å². The Morgan fingerprint density at radius 1 is 1.06 bits per heavy atom. The van der Waals surface area contributed by atoms with Crippen molar-refractivity contribution in [1.29, 1.82) is 0 Å². The molecular weight excluding hydrogens is 309 g/mol. The van der Waals surface area contributed by atoms with Crippen LogP contribution in [-0.4, -0.2) is 0 Å². The second kappa shape index (κ2) is 5.02. The van der Waals surface area contributed by atoms with Crippen LogP contribution in [0.1, 0.15) is 5.56 Å². The van der Waals surface area contributed by atoms with Gasteiger partial charge in [0.05, 0.1) is 10.0 Å². The van der Waals surface area contributed by atoms with Crippen LogP contribution in [0, 0.1) is 6.07 Å². The van der Waals surface area contributed by atoms with E-state index in [9.17, 15) is 13.2 Å². The number of alkyl halides is 3. The third kappa shape index (κ3) is 3.04. The molecule has 0 saturated heterocycles. The molecule has 0 bridgehead atoms. The minimum absolute atomic E-state index is 0.343. The van der Waals surface area contributed by atoms with E-state index in [1.165, 1.54) is 12.1 Å². The van der Waals surface area contributed by atoms with Crippen molar-refractivity contribution < 1.29 is 17.9 Å². The summed E-state index contributed by atoms with van der Waals surface area (Å²) < 4.78 is 43.2. The van der Waals surface area contributed by atoms with Crippen LogP contribution in [0.4, 0.5) is 13.2 Å². The van der Waals surface area contributed by atoms with Gasteiger partial charge in [-0.25, -0.2) is 0 Å². The summed E-state index contributed by atoms with van der Waals surface area (Å²) in [5.41, 5.74) is -0.699. The highest BCUT2D eigenvalue weighted by Gasteiger charge is 2.30. The summed E-state index contributed by atoms with van der Waals surface area (Å²) in [6, 6.07) is 12.4. The van der Waals surface area contributed by atoms with E-state index in [4.69, 9.17) is 4.74 Å². The minimum atomic E-state index is -4.33. The first-order valence-electron chi connectivity index (χ1n) is 4.97. The smallest absolute Gasteiger partial charge is 0.416 e. The number of ether oxygens (including phenoxy) is 1. The first-order valence-corrected chi connectivity index (χ1v) is 5.77. The lowest BCUT2D eigenvalue weighted by Gasteiger charge is -2.09. The molecule has 0 aromatic heterocycles. The fourth-order valence-electron chi connectivity index (χ4n) is 1.32. The van der Waals surface area contributed by atoms with Crippen LogP contribution in [-0.2, 0) is 6.18 Å². The van der Waals surface area contributed by atoms with Crippen molar-refractivity contribution >= 4 is 15.9 Å². The summed E-state index contributed by atoms with van der Waals surface area (Å²) in [6.07, 6.45) is -4.33. The summed E-state index contributed by atoms with van der Waals surface area (Å²) in [4.78, 5) is 0. The molecule has 93 valence electrons. The Morgan fingerprint density at radius 2 is 1.72 bits per heavy atom. The van der Waals surface area contributed by atoms with E-state index in [1.807, 2.05) is 0 Å². The largest absolute Gasteiger partial charge is 0.456 e. The molecule has 2 aromatic rings. The number of rotatable bonds is 2. The molecule has 0 amide bonds. The standard InChI is InChI=1S/C13H7BrF3O/c14-11-3-1-2-4-12(11)18-10-7-5-9(6-8-10)13(15,16)17/h2-8H. The summed E-state index contributed by atoms with van der Waals surface area (Å²) in [5, 5.41) is 0. The number of halogens is 4. The molecule has 5 heteroatoms. The molecule has 0 aliphatic heterocycles. The highest BCUT2D eigenvalue weighted by molar-refractivity contribution is 9.10. The zero-order valence-corrected chi connectivity index (χ0v) is 10.5. The molecule has 0 saturated carbocycles. The highest BCUT2D eigenvalue weighted by Crippen LogP contribution is 2.33. The van der Waals surface area contributed by atoms with Crippen LogP contribution in [0.3, 0.4) is 0 Å². The fourth-order valence-corrected chi connectivity index (χ4v) is 1.66. The van der Waals surface area contributed by atoms with Crippen molar-refractivity contribution in [3.8, 4) is 11.5 Å². The molecule has 1 nitrogen and oxygen atoms in total. The average Bonchev–Trinajstić information content (AvgIpc) is 2.32. The minimum Gasteiger partial charge on any atom is -0.456 e. The van der Waals surface area contributed by atoms with Crippen LogP contribution >= 0.6 is 15.9 Å². The van der Waals surface area contributed by atoms with Gasteiger partial charge in [-0.2, -0.15) is 13.2 Å². The van der Waals surface area contributed by atoms with Gasteiger partial charge in [-0.15, -0.1) is 0 Å². The molecule has 0 fully saturated rings. The SMILES string of the molecule is FC(F)(F)c1ccc(Oc2cc[c]cc2Br)cc1. The van der Waals surface area contributed by atoms with Crippen molar-refractivity contribution in [2.24, 2.45) is 0 Å². The molecule has 2 rings (SSSR count). The third-order valence-electron chi connectivity index (χ3n) is 2.19. The molecule has 18 heavy (non-hydrogen) atoms. The molecule has 0 aliphatic carbocycles. The molecule has 1 radical (unpaired) electrons. The fraction of sp³-hybridized carbons (Fsp3) is 0.0769. The van der Waals surface area contributed by atoms with Gasteiger partial charge < -0.3 is 4.74 Å². The highest BCUT2D eigenvalue weighted by atomic mass is 79.9. The monoisotopic (exact) mass is 315 g/mol. The topological polar surface area (TPSA) is 9.23 Å². The predicted molar refractivity (Wildman–Crippen MR) is 64.5 cm³/mol. The zero-order chi connectivity index (χ0) is 13.2. The van der Waals surface area contributed by atoms with Gasteiger partial charge in [0.1, 0.15) is 11.5 Å². The van der Waals surface area contributed by atoms with Gasteiger partial charge in [-0.05, 0) is 58.4 Å². The molecule has 0 spiro atoms. The normalized spacial score (nSPS) is 11.3. The van der Waals surface area contributed by atoms with Gasteiger partial charge in [-0.3, -0.25) is 0 Å². The zero-order valence-electron chi connectivity index (χ0n) is 8.96. The maximum atomic E-state index is 12.4. The lowest BCUT2D eigenvalue weighted by Crippen LogP contribution is -2.03. The summed E-state index contributed by atoms with van der Waals surface area (Å²) in [5.74, 6) is 0.864. The van der Waals surface area contributed by atoms with Gasteiger partial charge in [0.15, 0.2) is 0 Å². The maximum Gasteiger partial charge on any atom is 0.416 e. The molecule has 0 atom stereocenters. The third-order valence-corrected chi connectivity index (χ3v) is 2.81. The van der Waals surface area contributed by atoms with Crippen LogP contribution in [0.25, 0.3) is 0 Å². The van der Waals surface area contributed by atoms with E-state index in [2.05, 4.69) is 22.0 Å². The Morgan fingerprint density at radius 3 is 2.28 bits per heavy atom. The van der Waals surface area contributed by atoms with E-state index in [1.54, 1.807) is 18.2 Å². The van der Waals surface area contributed by atoms with Crippen LogP contribution in [0.2, 0.25) is 0 Å². The van der Waals surface area contributed by atoms with Gasteiger partial charge >= 0.3 is 6.18 Å². The van der Waals surface area contributed by atoms with E-state index in [0.29, 0.717) is 16.0 Å². The van der Waals surface area contributed by atoms with Gasteiger partial charge in [0, 0.05) is 0 Å². The van der Waals surface area contributed by atoms with Crippen LogP contribution in [0.5, 0.6) is 11.5 Å². The summed E-state index contributed by atoms with van der Waals surface area (Å²) in [7, 11) is 0. The molecule has 0 unspecified atom stereocenters. The Balaban J connectivity index is 2.19. The van der Waals surface area contributed by atoms with E-state index in [0.717, 1.165) is 12.1 Å². The molecule has 0 aliphatic rings. The average molecular weight is 316 g/mol. The first-order chi connectivity index (χ1) is 8.47.